The molecule has 0 spiro atoms. The average Bonchev–Trinajstić information content (AvgIpc) is 2.25. The summed E-state index contributed by atoms with van der Waals surface area (Å²) in [5, 5.41) is 2.70. The number of hydrogen-bond acceptors (Lipinski definition) is 2. The molecule has 6 heteroatoms. The highest BCUT2D eigenvalue weighted by atomic mass is 35.5. The molecule has 1 N–H and O–H groups in total. The Labute approximate surface area is 100 Å². The summed E-state index contributed by atoms with van der Waals surface area (Å²) in [5.41, 5.74) is 0.0821. The second-order valence-corrected chi connectivity index (χ2v) is 3.63. The number of aromatic nitrogens is 1. The molecule has 88 valence electrons. The Kier molecular flexibility index (Phi) is 3.19. The van der Waals surface area contributed by atoms with Gasteiger partial charge in [-0.2, -0.15) is 0 Å². The van der Waals surface area contributed by atoms with E-state index in [2.05, 4.69) is 10.3 Å². The first-order valence-electron chi connectivity index (χ1n) is 4.59. The van der Waals surface area contributed by atoms with Gasteiger partial charge in [-0.1, -0.05) is 11.6 Å². The maximum atomic E-state index is 13.3. The van der Waals surface area contributed by atoms with Gasteiger partial charge in [0.15, 0.2) is 11.6 Å². The third-order valence-corrected chi connectivity index (χ3v) is 2.21. The van der Waals surface area contributed by atoms with Gasteiger partial charge < -0.3 is 5.32 Å². The maximum Gasteiger partial charge on any atom is 0.182 e. The summed E-state index contributed by atoms with van der Waals surface area (Å²) in [6, 6.07) is 4.23. The van der Waals surface area contributed by atoms with Crippen LogP contribution in [0.3, 0.4) is 0 Å². The molecule has 0 unspecified atom stereocenters. The van der Waals surface area contributed by atoms with E-state index in [-0.39, 0.29) is 10.8 Å². The number of halogens is 4. The molecule has 0 bridgehead atoms. The van der Waals surface area contributed by atoms with Gasteiger partial charge in [0.1, 0.15) is 11.0 Å². The first kappa shape index (κ1) is 11.7. The van der Waals surface area contributed by atoms with E-state index in [0.29, 0.717) is 11.8 Å². The molecule has 0 radical (unpaired) electrons. The smallest absolute Gasteiger partial charge is 0.182 e. The molecule has 0 amide bonds. The molecule has 0 aliphatic carbocycles. The average molecular weight is 259 g/mol. The maximum absolute atomic E-state index is 13.3. The van der Waals surface area contributed by atoms with E-state index in [1.54, 1.807) is 0 Å². The summed E-state index contributed by atoms with van der Waals surface area (Å²) in [4.78, 5) is 3.72. The monoisotopic (exact) mass is 258 g/mol. The molecule has 1 heterocycles. The lowest BCUT2D eigenvalue weighted by molar-refractivity contribution is 0.498. The summed E-state index contributed by atoms with van der Waals surface area (Å²) >= 11 is 5.62. The van der Waals surface area contributed by atoms with Gasteiger partial charge in [-0.25, -0.2) is 18.2 Å². The van der Waals surface area contributed by atoms with Crippen molar-refractivity contribution in [2.75, 3.05) is 5.32 Å². The van der Waals surface area contributed by atoms with Crippen molar-refractivity contribution in [3.8, 4) is 0 Å². The van der Waals surface area contributed by atoms with Crippen LogP contribution in [0, 0.1) is 17.5 Å². The molecular weight excluding hydrogens is 253 g/mol. The minimum atomic E-state index is -1.26. The SMILES string of the molecule is Fc1cc(F)c(F)c(Nc2ccnc(Cl)c2)c1. The molecular formula is C11H6ClF3N2. The van der Waals surface area contributed by atoms with Crippen LogP contribution in [-0.2, 0) is 0 Å². The lowest BCUT2D eigenvalue weighted by Gasteiger charge is -2.08. The Hall–Kier alpha value is -1.75. The second-order valence-electron chi connectivity index (χ2n) is 3.24. The van der Waals surface area contributed by atoms with Crippen molar-refractivity contribution in [2.45, 2.75) is 0 Å². The molecule has 1 aromatic carbocycles. The lowest BCUT2D eigenvalue weighted by atomic mass is 10.2. The summed E-state index contributed by atoms with van der Waals surface area (Å²) < 4.78 is 39.1. The molecule has 0 aliphatic rings. The van der Waals surface area contributed by atoms with Gasteiger partial charge in [-0.3, -0.25) is 0 Å². The van der Waals surface area contributed by atoms with Crippen molar-refractivity contribution < 1.29 is 13.2 Å². The van der Waals surface area contributed by atoms with Crippen LogP contribution >= 0.6 is 11.6 Å². The van der Waals surface area contributed by atoms with Crippen LogP contribution in [0.4, 0.5) is 24.5 Å². The quantitative estimate of drug-likeness (QED) is 0.653. The van der Waals surface area contributed by atoms with E-state index in [1.165, 1.54) is 18.3 Å². The number of pyridine rings is 1. The van der Waals surface area contributed by atoms with Gasteiger partial charge in [0.2, 0.25) is 0 Å². The number of nitrogens with zero attached hydrogens (tertiary/aromatic N) is 1. The van der Waals surface area contributed by atoms with Gasteiger partial charge in [0.05, 0.1) is 5.69 Å². The zero-order chi connectivity index (χ0) is 12.4. The molecule has 2 aromatic rings. The van der Waals surface area contributed by atoms with Crippen LogP contribution in [0.5, 0.6) is 0 Å². The third kappa shape index (κ3) is 2.68. The highest BCUT2D eigenvalue weighted by Crippen LogP contribution is 2.24. The molecule has 0 atom stereocenters. The number of rotatable bonds is 2. The molecule has 1 aromatic heterocycles. The minimum Gasteiger partial charge on any atom is -0.353 e. The van der Waals surface area contributed by atoms with E-state index in [9.17, 15) is 13.2 Å². The third-order valence-electron chi connectivity index (χ3n) is 2.00. The van der Waals surface area contributed by atoms with Gasteiger partial charge in [-0.05, 0) is 12.1 Å². The summed E-state index contributed by atoms with van der Waals surface area (Å²) in [6.45, 7) is 0. The van der Waals surface area contributed by atoms with E-state index in [4.69, 9.17) is 11.6 Å². The summed E-state index contributed by atoms with van der Waals surface area (Å²) in [5.74, 6) is -3.28. The summed E-state index contributed by atoms with van der Waals surface area (Å²) in [7, 11) is 0. The second kappa shape index (κ2) is 4.63. The zero-order valence-corrected chi connectivity index (χ0v) is 9.10. The largest absolute Gasteiger partial charge is 0.353 e. The number of hydrogen-bond donors (Lipinski definition) is 1. The first-order valence-corrected chi connectivity index (χ1v) is 4.97. The van der Waals surface area contributed by atoms with Crippen molar-refractivity contribution in [1.29, 1.82) is 0 Å². The van der Waals surface area contributed by atoms with Crippen molar-refractivity contribution >= 4 is 23.0 Å². The van der Waals surface area contributed by atoms with Gasteiger partial charge in [0.25, 0.3) is 0 Å². The summed E-state index contributed by atoms with van der Waals surface area (Å²) in [6.07, 6.45) is 1.39. The lowest BCUT2D eigenvalue weighted by Crippen LogP contribution is -1.98. The normalized spacial score (nSPS) is 10.4. The predicted octanol–water partition coefficient (Wildman–Crippen LogP) is 3.90. The Balaban J connectivity index is 2.36. The van der Waals surface area contributed by atoms with Crippen molar-refractivity contribution in [3.05, 3.63) is 53.1 Å². The highest BCUT2D eigenvalue weighted by Gasteiger charge is 2.11. The zero-order valence-electron chi connectivity index (χ0n) is 8.35. The number of nitrogens with one attached hydrogen (secondary N) is 1. The van der Waals surface area contributed by atoms with Crippen LogP contribution < -0.4 is 5.32 Å². The van der Waals surface area contributed by atoms with Crippen molar-refractivity contribution in [2.24, 2.45) is 0 Å². The fourth-order valence-electron chi connectivity index (χ4n) is 1.28. The van der Waals surface area contributed by atoms with Crippen LogP contribution in [-0.4, -0.2) is 4.98 Å². The minimum absolute atomic E-state index is 0.187. The fourth-order valence-corrected chi connectivity index (χ4v) is 1.46. The number of anilines is 2. The molecule has 0 aliphatic heterocycles. The standard InChI is InChI=1S/C11H6ClF3N2/c12-10-5-7(1-2-16-10)17-9-4-6(13)3-8(14)11(9)15/h1-5H,(H,16,17). The first-order chi connectivity index (χ1) is 8.06. The van der Waals surface area contributed by atoms with Crippen molar-refractivity contribution in [1.82, 2.24) is 4.98 Å². The van der Waals surface area contributed by atoms with Gasteiger partial charge >= 0.3 is 0 Å². The highest BCUT2D eigenvalue weighted by molar-refractivity contribution is 6.29. The molecule has 0 saturated carbocycles. The Morgan fingerprint density at radius 1 is 1.12 bits per heavy atom. The van der Waals surface area contributed by atoms with Gasteiger partial charge in [0, 0.05) is 24.0 Å². The van der Waals surface area contributed by atoms with E-state index in [1.807, 2.05) is 0 Å². The van der Waals surface area contributed by atoms with Crippen LogP contribution in [0.2, 0.25) is 5.15 Å². The Morgan fingerprint density at radius 3 is 2.59 bits per heavy atom. The fraction of sp³-hybridized carbons (Fsp3) is 0. The Bertz CT molecular complexity index is 560. The van der Waals surface area contributed by atoms with E-state index in [0.717, 1.165) is 6.07 Å². The molecule has 2 rings (SSSR count). The number of benzene rings is 1. The van der Waals surface area contributed by atoms with Crippen LogP contribution in [0.25, 0.3) is 0 Å². The van der Waals surface area contributed by atoms with E-state index >= 15 is 0 Å². The molecule has 2 nitrogen and oxygen atoms in total. The van der Waals surface area contributed by atoms with Crippen molar-refractivity contribution in [3.63, 3.8) is 0 Å². The van der Waals surface area contributed by atoms with E-state index < -0.39 is 17.5 Å². The topological polar surface area (TPSA) is 24.9 Å². The molecule has 0 fully saturated rings. The molecule has 0 saturated heterocycles. The van der Waals surface area contributed by atoms with Crippen LogP contribution in [0.1, 0.15) is 0 Å². The van der Waals surface area contributed by atoms with Crippen LogP contribution in [0.15, 0.2) is 30.5 Å². The predicted molar refractivity (Wildman–Crippen MR) is 58.8 cm³/mol. The van der Waals surface area contributed by atoms with Gasteiger partial charge in [-0.15, -0.1) is 0 Å². The Morgan fingerprint density at radius 2 is 1.88 bits per heavy atom. The molecule has 17 heavy (non-hydrogen) atoms.